The lowest BCUT2D eigenvalue weighted by Gasteiger charge is -2.18. The Morgan fingerprint density at radius 2 is 2.00 bits per heavy atom. The number of furan rings is 1. The Labute approximate surface area is 168 Å². The van der Waals surface area contributed by atoms with Gasteiger partial charge in [-0.2, -0.15) is 0 Å². The highest BCUT2D eigenvalue weighted by atomic mass is 16.5. The minimum Gasteiger partial charge on any atom is -0.490 e. The van der Waals surface area contributed by atoms with Gasteiger partial charge >= 0.3 is 17.6 Å². The van der Waals surface area contributed by atoms with Gasteiger partial charge in [0.2, 0.25) is 0 Å². The van der Waals surface area contributed by atoms with Crippen LogP contribution in [0.3, 0.4) is 0 Å². The van der Waals surface area contributed by atoms with Crippen LogP contribution < -0.4 is 16.0 Å². The first-order valence-electron chi connectivity index (χ1n) is 8.83. The van der Waals surface area contributed by atoms with E-state index >= 15 is 0 Å². The molecule has 2 heterocycles. The van der Waals surface area contributed by atoms with Gasteiger partial charge < -0.3 is 19.4 Å². The molecule has 1 atom stereocenters. The van der Waals surface area contributed by atoms with E-state index in [4.69, 9.17) is 14.3 Å². The zero-order valence-corrected chi connectivity index (χ0v) is 15.7. The molecule has 0 fully saturated rings. The fourth-order valence-corrected chi connectivity index (χ4v) is 3.06. The Morgan fingerprint density at radius 1 is 1.23 bits per heavy atom. The quantitative estimate of drug-likeness (QED) is 0.502. The summed E-state index contributed by atoms with van der Waals surface area (Å²) in [6.07, 6.45) is 1.97. The summed E-state index contributed by atoms with van der Waals surface area (Å²) in [4.78, 5) is 49.0. The normalized spacial score (nSPS) is 11.9. The number of aromatic nitrogens is 2. The number of ether oxygens (including phenoxy) is 1. The molecule has 2 N–H and O–H groups in total. The zero-order valence-electron chi connectivity index (χ0n) is 15.7. The molecular weight excluding hydrogens is 396 g/mol. The van der Waals surface area contributed by atoms with Crippen LogP contribution >= 0.6 is 0 Å². The molecule has 156 valence electrons. The number of fused-ring (bicyclic) bond motifs is 1. The third-order valence-corrected chi connectivity index (χ3v) is 4.37. The number of carboxylic acids is 2. The fourth-order valence-electron chi connectivity index (χ4n) is 3.06. The van der Waals surface area contributed by atoms with Gasteiger partial charge in [-0.3, -0.25) is 14.2 Å². The zero-order chi connectivity index (χ0) is 21.8. The van der Waals surface area contributed by atoms with Gasteiger partial charge in [0.25, 0.3) is 5.56 Å². The molecule has 10 nitrogen and oxygen atoms in total. The number of nitrogens with zero attached hydrogens (tertiary/aromatic N) is 2. The lowest BCUT2D eigenvalue weighted by molar-refractivity contribution is -0.147. The van der Waals surface area contributed by atoms with Crippen LogP contribution in [0, 0.1) is 0 Å². The summed E-state index contributed by atoms with van der Waals surface area (Å²) in [7, 11) is 0. The first kappa shape index (κ1) is 20.6. The van der Waals surface area contributed by atoms with E-state index in [1.807, 2.05) is 0 Å². The monoisotopic (exact) mass is 414 g/mol. The second-order valence-electron chi connectivity index (χ2n) is 6.35. The number of rotatable bonds is 9. The molecule has 3 aromatic rings. The summed E-state index contributed by atoms with van der Waals surface area (Å²) in [5.74, 6) is -2.38. The van der Waals surface area contributed by atoms with Crippen LogP contribution in [0.1, 0.15) is 18.2 Å². The second kappa shape index (κ2) is 8.52. The number of hydrogen-bond donors (Lipinski definition) is 2. The van der Waals surface area contributed by atoms with Crippen molar-refractivity contribution >= 4 is 22.8 Å². The van der Waals surface area contributed by atoms with E-state index in [2.05, 4.69) is 6.58 Å². The number of benzene rings is 1. The molecule has 0 aliphatic carbocycles. The molecule has 1 unspecified atom stereocenters. The summed E-state index contributed by atoms with van der Waals surface area (Å²) in [6.45, 7) is 3.62. The summed E-state index contributed by atoms with van der Waals surface area (Å²) in [6, 6.07) is 5.77. The third-order valence-electron chi connectivity index (χ3n) is 4.37. The van der Waals surface area contributed by atoms with Gasteiger partial charge in [-0.25, -0.2) is 14.2 Å². The van der Waals surface area contributed by atoms with E-state index in [1.165, 1.54) is 24.5 Å². The van der Waals surface area contributed by atoms with Crippen molar-refractivity contribution in [3.63, 3.8) is 0 Å². The fraction of sp³-hybridized carbons (Fsp3) is 0.200. The Bertz CT molecular complexity index is 1220. The van der Waals surface area contributed by atoms with Crippen molar-refractivity contribution in [2.45, 2.75) is 19.0 Å². The molecule has 30 heavy (non-hydrogen) atoms. The van der Waals surface area contributed by atoms with Crippen LogP contribution in [0.4, 0.5) is 0 Å². The molecule has 2 aromatic heterocycles. The molecule has 0 aliphatic rings. The number of carbonyl (C=O) groups is 2. The Balaban J connectivity index is 2.32. The topological polar surface area (TPSA) is 141 Å². The largest absolute Gasteiger partial charge is 0.490 e. The Hall–Kier alpha value is -4.08. The number of carboxylic acid groups (broad SMARTS) is 2. The van der Waals surface area contributed by atoms with Gasteiger partial charge in [-0.15, -0.1) is 0 Å². The maximum absolute atomic E-state index is 13.1. The minimum atomic E-state index is -1.88. The lowest BCUT2D eigenvalue weighted by atomic mass is 10.1. The maximum atomic E-state index is 13.1. The van der Waals surface area contributed by atoms with Crippen LogP contribution in [-0.2, 0) is 16.1 Å². The first-order chi connectivity index (χ1) is 14.3. The SMILES string of the molecule is C=CCOc1ccc2c(c1)c(=O)n(C(CC(=O)O)C(=O)O)c(=O)n2Cc1ccco1. The van der Waals surface area contributed by atoms with Crippen LogP contribution in [0.2, 0.25) is 0 Å². The molecule has 0 saturated carbocycles. The van der Waals surface area contributed by atoms with Gasteiger partial charge in [0, 0.05) is 0 Å². The number of hydrogen-bond acceptors (Lipinski definition) is 6. The molecule has 10 heteroatoms. The van der Waals surface area contributed by atoms with Crippen LogP contribution in [0.15, 0.2) is 63.3 Å². The molecule has 0 radical (unpaired) electrons. The van der Waals surface area contributed by atoms with E-state index in [0.29, 0.717) is 16.1 Å². The highest BCUT2D eigenvalue weighted by molar-refractivity contribution is 5.82. The third kappa shape index (κ3) is 4.02. The molecule has 0 spiro atoms. The van der Waals surface area contributed by atoms with Crippen molar-refractivity contribution in [2.75, 3.05) is 6.61 Å². The van der Waals surface area contributed by atoms with Gasteiger partial charge in [0.15, 0.2) is 0 Å². The van der Waals surface area contributed by atoms with Crippen LogP contribution in [0.25, 0.3) is 10.9 Å². The summed E-state index contributed by atoms with van der Waals surface area (Å²) in [5.41, 5.74) is -1.66. The van der Waals surface area contributed by atoms with E-state index < -0.39 is 35.7 Å². The molecular formula is C20H18N2O8. The second-order valence-corrected chi connectivity index (χ2v) is 6.35. The predicted molar refractivity (Wildman–Crippen MR) is 105 cm³/mol. The number of aliphatic carboxylic acids is 2. The van der Waals surface area contributed by atoms with Crippen molar-refractivity contribution in [3.8, 4) is 5.75 Å². The summed E-state index contributed by atoms with van der Waals surface area (Å²) in [5, 5.41) is 18.6. The Morgan fingerprint density at radius 3 is 2.60 bits per heavy atom. The average Bonchev–Trinajstić information content (AvgIpc) is 3.21. The summed E-state index contributed by atoms with van der Waals surface area (Å²) < 4.78 is 12.3. The van der Waals surface area contributed by atoms with Crippen molar-refractivity contribution < 1.29 is 29.0 Å². The molecule has 1 aromatic carbocycles. The highest BCUT2D eigenvalue weighted by Gasteiger charge is 2.28. The van der Waals surface area contributed by atoms with Crippen molar-refractivity contribution in [1.82, 2.24) is 9.13 Å². The summed E-state index contributed by atoms with van der Waals surface area (Å²) >= 11 is 0. The first-order valence-corrected chi connectivity index (χ1v) is 8.83. The maximum Gasteiger partial charge on any atom is 0.332 e. The average molecular weight is 414 g/mol. The van der Waals surface area contributed by atoms with Gasteiger partial charge in [0.1, 0.15) is 24.2 Å². The molecule has 3 rings (SSSR count). The van der Waals surface area contributed by atoms with E-state index in [1.54, 1.807) is 18.2 Å². The predicted octanol–water partition coefficient (Wildman–Crippen LogP) is 1.47. The molecule has 0 aliphatic heterocycles. The molecule has 0 amide bonds. The van der Waals surface area contributed by atoms with Crippen molar-refractivity contribution in [1.29, 1.82) is 0 Å². The molecule has 0 bridgehead atoms. The van der Waals surface area contributed by atoms with Crippen molar-refractivity contribution in [2.24, 2.45) is 0 Å². The minimum absolute atomic E-state index is 0.000595. The lowest BCUT2D eigenvalue weighted by Crippen LogP contribution is -2.45. The standard InChI is InChI=1S/C20H18N2O8/c1-2-7-29-12-5-6-15-14(9-12)18(25)22(16(19(26)27)10-17(23)24)20(28)21(15)11-13-4-3-8-30-13/h2-6,8-9,16H,1,7,10-11H2,(H,23,24)(H,26,27). The highest BCUT2D eigenvalue weighted by Crippen LogP contribution is 2.20. The van der Waals surface area contributed by atoms with Crippen LogP contribution in [0.5, 0.6) is 5.75 Å². The smallest absolute Gasteiger partial charge is 0.332 e. The van der Waals surface area contributed by atoms with E-state index in [0.717, 1.165) is 4.57 Å². The van der Waals surface area contributed by atoms with Gasteiger partial charge in [0.05, 0.1) is 30.1 Å². The van der Waals surface area contributed by atoms with Crippen molar-refractivity contribution in [3.05, 3.63) is 75.8 Å². The van der Waals surface area contributed by atoms with E-state index in [9.17, 15) is 24.3 Å². The molecule has 0 saturated heterocycles. The van der Waals surface area contributed by atoms with E-state index in [-0.39, 0.29) is 24.1 Å². The Kier molecular flexibility index (Phi) is 5.86. The van der Waals surface area contributed by atoms with Gasteiger partial charge in [-0.1, -0.05) is 12.7 Å². The van der Waals surface area contributed by atoms with Gasteiger partial charge in [-0.05, 0) is 30.3 Å². The van der Waals surface area contributed by atoms with Crippen LogP contribution in [-0.4, -0.2) is 37.9 Å².